The van der Waals surface area contributed by atoms with Gasteiger partial charge in [-0.15, -0.1) is 0 Å². The molecule has 1 aliphatic heterocycles. The number of aromatic hydroxyl groups is 1. The summed E-state index contributed by atoms with van der Waals surface area (Å²) in [5.41, 5.74) is 0.223. The Morgan fingerprint density at radius 1 is 1.11 bits per heavy atom. The highest BCUT2D eigenvalue weighted by Crippen LogP contribution is 2.56. The van der Waals surface area contributed by atoms with Crippen LogP contribution in [-0.2, 0) is 23.9 Å². The van der Waals surface area contributed by atoms with Crippen LogP contribution in [0.3, 0.4) is 0 Å². The average molecular weight is 642 g/mol. The van der Waals surface area contributed by atoms with Crippen LogP contribution in [0.1, 0.15) is 62.4 Å². The molecule has 1 heterocycles. The molecule has 0 spiro atoms. The summed E-state index contributed by atoms with van der Waals surface area (Å²) < 4.78 is 11.6. The maximum Gasteiger partial charge on any atom is 0.411 e. The average Bonchev–Trinajstić information content (AvgIpc) is 3.44. The molecule has 1 unspecified atom stereocenters. The number of fused-ring (bicyclic) bond motifs is 3. The summed E-state index contributed by atoms with van der Waals surface area (Å²) in [4.78, 5) is 70.0. The molecular weight excluding hydrogens is 602 g/mol. The zero-order valence-corrected chi connectivity index (χ0v) is 26.4. The number of ketones is 2. The molecule has 0 aromatic heterocycles. The van der Waals surface area contributed by atoms with Crippen molar-refractivity contribution < 1.29 is 53.9 Å². The van der Waals surface area contributed by atoms with Gasteiger partial charge in [-0.3, -0.25) is 24.2 Å². The molecular formula is C32H39N3O11. The number of ether oxygens (including phenoxy) is 2. The molecule has 0 saturated carbocycles. The summed E-state index contributed by atoms with van der Waals surface area (Å²) >= 11 is 0. The number of likely N-dealkylation sites (tertiary alicyclic amines) is 1. The molecule has 14 heteroatoms. The first-order chi connectivity index (χ1) is 21.3. The van der Waals surface area contributed by atoms with Crippen LogP contribution in [0.4, 0.5) is 4.79 Å². The molecule has 7 atom stereocenters. The van der Waals surface area contributed by atoms with E-state index in [1.807, 2.05) is 0 Å². The summed E-state index contributed by atoms with van der Waals surface area (Å²) in [6.07, 6.45) is -1.69. The molecule has 1 aromatic carbocycles. The smallest absolute Gasteiger partial charge is 0.411 e. The summed E-state index contributed by atoms with van der Waals surface area (Å²) in [7, 11) is 2.93. The molecule has 4 aliphatic rings. The number of nitrogens with two attached hydrogens (primary N) is 1. The van der Waals surface area contributed by atoms with Crippen molar-refractivity contribution >= 4 is 29.5 Å². The van der Waals surface area contributed by atoms with Crippen molar-refractivity contribution in [3.63, 3.8) is 0 Å². The number of amides is 2. The Hall–Kier alpha value is -4.43. The van der Waals surface area contributed by atoms with Gasteiger partial charge in [-0.1, -0.05) is 19.1 Å². The van der Waals surface area contributed by atoms with E-state index < -0.39 is 105 Å². The normalized spacial score (nSPS) is 31.0. The van der Waals surface area contributed by atoms with Crippen LogP contribution in [0.15, 0.2) is 40.9 Å². The van der Waals surface area contributed by atoms with Crippen LogP contribution in [0.2, 0.25) is 0 Å². The Morgan fingerprint density at radius 3 is 2.35 bits per heavy atom. The maximum atomic E-state index is 14.0. The molecule has 0 bridgehead atoms. The molecule has 3 aliphatic carbocycles. The number of likely N-dealkylation sites (N-methyl/N-ethyl adjacent to an activating group) is 1. The van der Waals surface area contributed by atoms with Crippen LogP contribution in [-0.4, -0.2) is 110 Å². The van der Waals surface area contributed by atoms with E-state index >= 15 is 0 Å². The fourth-order valence-electron chi connectivity index (χ4n) is 7.46. The minimum Gasteiger partial charge on any atom is -0.510 e. The van der Waals surface area contributed by atoms with E-state index in [2.05, 4.69) is 0 Å². The van der Waals surface area contributed by atoms with Gasteiger partial charge in [0.2, 0.25) is 5.78 Å². The van der Waals surface area contributed by atoms with Crippen LogP contribution < -0.4 is 5.73 Å². The first kappa shape index (κ1) is 32.9. The minimum atomic E-state index is -3.07. The highest BCUT2D eigenvalue weighted by molar-refractivity contribution is 6.25. The van der Waals surface area contributed by atoms with Crippen molar-refractivity contribution in [1.29, 1.82) is 0 Å². The number of carbonyl (C=O) groups excluding carboxylic acids is 5. The van der Waals surface area contributed by atoms with Crippen molar-refractivity contribution in [2.24, 2.45) is 17.6 Å². The number of aliphatic hydroxyl groups is 3. The van der Waals surface area contributed by atoms with Crippen molar-refractivity contribution in [2.75, 3.05) is 20.6 Å². The van der Waals surface area contributed by atoms with Gasteiger partial charge in [0.25, 0.3) is 5.91 Å². The third kappa shape index (κ3) is 4.81. The minimum absolute atomic E-state index is 0.173. The number of aliphatic hydroxyl groups excluding tert-OH is 2. The summed E-state index contributed by atoms with van der Waals surface area (Å²) in [5.74, 6) is -10.7. The number of hydrogen-bond acceptors (Lipinski definition) is 12. The SMILES string of the molecule is C[C@@H]1c2cccc(O)c2C(=O)C2=C(O)[C@@]3(O)C(=O)C(C(N)=O)=C(O)[C@@H](N(C)C)[C@@H]3[C@H](OC(=O)C3CCCN3C(=O)OC(C)(C)C)[C@H]21. The van der Waals surface area contributed by atoms with E-state index in [0.717, 1.165) is 0 Å². The number of nitrogens with zero attached hydrogens (tertiary/aromatic N) is 2. The van der Waals surface area contributed by atoms with E-state index in [4.69, 9.17) is 15.2 Å². The highest BCUT2D eigenvalue weighted by Gasteiger charge is 2.68. The van der Waals surface area contributed by atoms with Gasteiger partial charge in [-0.2, -0.15) is 0 Å². The van der Waals surface area contributed by atoms with Gasteiger partial charge in [0.1, 0.15) is 40.6 Å². The first-order valence-corrected chi connectivity index (χ1v) is 15.0. The van der Waals surface area contributed by atoms with Gasteiger partial charge in [0, 0.05) is 18.0 Å². The Morgan fingerprint density at radius 2 is 1.76 bits per heavy atom. The molecule has 1 saturated heterocycles. The van der Waals surface area contributed by atoms with Gasteiger partial charge in [0.05, 0.1) is 17.5 Å². The molecule has 6 N–H and O–H groups in total. The van der Waals surface area contributed by atoms with E-state index in [0.29, 0.717) is 12.0 Å². The Bertz CT molecular complexity index is 1610. The van der Waals surface area contributed by atoms with Crippen molar-refractivity contribution in [3.05, 3.63) is 52.0 Å². The van der Waals surface area contributed by atoms with Gasteiger partial charge in [0.15, 0.2) is 11.4 Å². The highest BCUT2D eigenvalue weighted by atomic mass is 16.6. The summed E-state index contributed by atoms with van der Waals surface area (Å²) in [5, 5.41) is 45.9. The van der Waals surface area contributed by atoms with Gasteiger partial charge in [-0.05, 0) is 65.3 Å². The van der Waals surface area contributed by atoms with E-state index in [1.54, 1.807) is 33.8 Å². The standard InChI is InChI=1S/C32H39N3O11/c1-13-14-9-7-11-16(36)18(14)23(37)19-17(13)25(45-29(42)15-10-8-12-35(15)30(43)46-31(2,3)4)21-22(34(5)6)24(38)20(28(33)41)27(40)32(21,44)26(19)39/h7,9,11,13,15,17,21-22,25,36,38-39,44H,8,10,12H2,1-6H3,(H2,33,41)/t13-,15?,17+,21-,22+,25-,32-/m1/s1. The quantitative estimate of drug-likeness (QED) is 0.234. The Kier molecular flexibility index (Phi) is 7.97. The third-order valence-corrected chi connectivity index (χ3v) is 9.37. The van der Waals surface area contributed by atoms with Crippen LogP contribution in [0.25, 0.3) is 0 Å². The Balaban J connectivity index is 1.71. The number of phenolic OH excluding ortho intramolecular Hbond substituents is 1. The van der Waals surface area contributed by atoms with E-state index in [9.17, 15) is 44.4 Å². The fraction of sp³-hybridized carbons (Fsp3) is 0.531. The largest absolute Gasteiger partial charge is 0.510 e. The van der Waals surface area contributed by atoms with Crippen molar-refractivity contribution in [2.45, 2.75) is 75.8 Å². The number of Topliss-reactive ketones (excluding diaryl/α,β-unsaturated/α-hetero) is 2. The lowest BCUT2D eigenvalue weighted by Crippen LogP contribution is -2.69. The molecule has 1 aromatic rings. The van der Waals surface area contributed by atoms with Gasteiger partial charge < -0.3 is 35.6 Å². The lowest BCUT2D eigenvalue weighted by molar-refractivity contribution is -0.183. The monoisotopic (exact) mass is 641 g/mol. The predicted molar refractivity (Wildman–Crippen MR) is 160 cm³/mol. The maximum absolute atomic E-state index is 14.0. The molecule has 1 fully saturated rings. The fourth-order valence-corrected chi connectivity index (χ4v) is 7.46. The van der Waals surface area contributed by atoms with Crippen molar-refractivity contribution in [3.8, 4) is 5.75 Å². The molecule has 14 nitrogen and oxygen atoms in total. The first-order valence-electron chi connectivity index (χ1n) is 15.0. The van der Waals surface area contributed by atoms with Crippen LogP contribution in [0, 0.1) is 11.8 Å². The molecule has 5 rings (SSSR count). The van der Waals surface area contributed by atoms with Crippen LogP contribution >= 0.6 is 0 Å². The predicted octanol–water partition coefficient (Wildman–Crippen LogP) is 1.60. The van der Waals surface area contributed by atoms with Crippen molar-refractivity contribution in [1.82, 2.24) is 9.80 Å². The number of hydrogen-bond donors (Lipinski definition) is 5. The number of phenols is 1. The molecule has 0 radical (unpaired) electrons. The van der Waals surface area contributed by atoms with E-state index in [-0.39, 0.29) is 18.5 Å². The van der Waals surface area contributed by atoms with Crippen LogP contribution in [0.5, 0.6) is 5.75 Å². The molecule has 46 heavy (non-hydrogen) atoms. The van der Waals surface area contributed by atoms with E-state index in [1.165, 1.54) is 36.0 Å². The second-order valence-electron chi connectivity index (χ2n) is 13.5. The Labute approximate surface area is 265 Å². The second-order valence-corrected chi connectivity index (χ2v) is 13.5. The second kappa shape index (κ2) is 11.1. The number of esters is 1. The zero-order valence-electron chi connectivity index (χ0n) is 26.4. The third-order valence-electron chi connectivity index (χ3n) is 9.37. The lowest BCUT2D eigenvalue weighted by Gasteiger charge is -2.54. The number of carbonyl (C=O) groups is 5. The van der Waals surface area contributed by atoms with Gasteiger partial charge >= 0.3 is 12.1 Å². The number of primary amides is 1. The zero-order chi connectivity index (χ0) is 34.2. The summed E-state index contributed by atoms with van der Waals surface area (Å²) in [6.45, 7) is 6.88. The van der Waals surface area contributed by atoms with Gasteiger partial charge in [-0.25, -0.2) is 9.59 Å². The molecule has 248 valence electrons. The summed E-state index contributed by atoms with van der Waals surface area (Å²) in [6, 6.07) is 1.82. The lowest BCUT2D eigenvalue weighted by atomic mass is 9.55. The number of rotatable bonds is 4. The number of benzene rings is 1. The topological polar surface area (TPSA) is 217 Å². The molecule has 2 amide bonds.